The fraction of sp³-hybridized carbons (Fsp3) is 0.250. The fourth-order valence-corrected chi connectivity index (χ4v) is 2.58. The minimum Gasteiger partial charge on any atom is -0.488 e. The van der Waals surface area contributed by atoms with Gasteiger partial charge in [-0.2, -0.15) is 0 Å². The van der Waals surface area contributed by atoms with Gasteiger partial charge >= 0.3 is 0 Å². The maximum atomic E-state index is 5.96. The van der Waals surface area contributed by atoms with E-state index in [1.54, 1.807) is 0 Å². The van der Waals surface area contributed by atoms with Crippen LogP contribution in [-0.4, -0.2) is 7.05 Å². The van der Waals surface area contributed by atoms with Crippen LogP contribution in [0.25, 0.3) is 0 Å². The lowest BCUT2D eigenvalue weighted by atomic mass is 10.1. The third kappa shape index (κ3) is 3.98. The number of halogens is 2. The Balaban J connectivity index is 2.07. The molecule has 0 spiro atoms. The lowest BCUT2D eigenvalue weighted by Crippen LogP contribution is -2.12. The summed E-state index contributed by atoms with van der Waals surface area (Å²) < 4.78 is 6.78. The van der Waals surface area contributed by atoms with Crippen LogP contribution < -0.4 is 10.1 Å². The molecule has 0 bridgehead atoms. The van der Waals surface area contributed by atoms with Crippen molar-refractivity contribution in [1.82, 2.24) is 5.32 Å². The molecule has 2 aromatic rings. The maximum Gasteiger partial charge on any atom is 0.134 e. The number of hydrogen-bond acceptors (Lipinski definition) is 2. The number of ether oxygens (including phenoxy) is 1. The van der Waals surface area contributed by atoms with Crippen molar-refractivity contribution in [3.63, 3.8) is 0 Å². The summed E-state index contributed by atoms with van der Waals surface area (Å²) in [6.07, 6.45) is 0. The van der Waals surface area contributed by atoms with Crippen LogP contribution in [0.1, 0.15) is 24.1 Å². The first-order valence-corrected chi connectivity index (χ1v) is 7.61. The van der Waals surface area contributed by atoms with Gasteiger partial charge in [0.1, 0.15) is 12.4 Å². The third-order valence-electron chi connectivity index (χ3n) is 3.17. The van der Waals surface area contributed by atoms with Crippen LogP contribution in [0.4, 0.5) is 0 Å². The third-order valence-corrected chi connectivity index (χ3v) is 4.03. The largest absolute Gasteiger partial charge is 0.488 e. The highest BCUT2D eigenvalue weighted by Crippen LogP contribution is 2.29. The van der Waals surface area contributed by atoms with Gasteiger partial charge in [0.25, 0.3) is 0 Å². The standard InChI is InChI=1S/C16H17BrClNO/c1-11(19-2)13-6-7-16(15(17)9-13)20-10-12-4-3-5-14(18)8-12/h3-9,11,19H,10H2,1-2H3. The first kappa shape index (κ1) is 15.4. The fourth-order valence-electron chi connectivity index (χ4n) is 1.86. The van der Waals surface area contributed by atoms with Crippen LogP contribution in [-0.2, 0) is 6.61 Å². The normalized spacial score (nSPS) is 12.2. The smallest absolute Gasteiger partial charge is 0.134 e. The Morgan fingerprint density at radius 3 is 2.70 bits per heavy atom. The molecule has 0 amide bonds. The molecule has 1 atom stereocenters. The van der Waals surface area contributed by atoms with Gasteiger partial charge in [-0.25, -0.2) is 0 Å². The summed E-state index contributed by atoms with van der Waals surface area (Å²) in [6.45, 7) is 2.62. The molecule has 0 aromatic heterocycles. The summed E-state index contributed by atoms with van der Waals surface area (Å²) in [6, 6.07) is 14.1. The Kier molecular flexibility index (Phi) is 5.46. The summed E-state index contributed by atoms with van der Waals surface area (Å²) in [5.74, 6) is 0.831. The summed E-state index contributed by atoms with van der Waals surface area (Å²) in [5.41, 5.74) is 2.27. The van der Waals surface area contributed by atoms with Crippen molar-refractivity contribution in [1.29, 1.82) is 0 Å². The van der Waals surface area contributed by atoms with Crippen LogP contribution in [0.2, 0.25) is 5.02 Å². The second-order valence-corrected chi connectivity index (χ2v) is 5.91. The second kappa shape index (κ2) is 7.11. The van der Waals surface area contributed by atoms with Gasteiger partial charge in [-0.1, -0.05) is 29.8 Å². The molecule has 0 radical (unpaired) electrons. The molecule has 1 N–H and O–H groups in total. The molecule has 0 aliphatic rings. The summed E-state index contributed by atoms with van der Waals surface area (Å²) >= 11 is 9.51. The summed E-state index contributed by atoms with van der Waals surface area (Å²) in [4.78, 5) is 0. The molecule has 4 heteroatoms. The van der Waals surface area contributed by atoms with Crippen LogP contribution in [0.15, 0.2) is 46.9 Å². The van der Waals surface area contributed by atoms with Gasteiger partial charge in [0.15, 0.2) is 0 Å². The van der Waals surface area contributed by atoms with Crippen molar-refractivity contribution >= 4 is 27.5 Å². The van der Waals surface area contributed by atoms with E-state index in [9.17, 15) is 0 Å². The molecule has 0 fully saturated rings. The van der Waals surface area contributed by atoms with Gasteiger partial charge in [0.2, 0.25) is 0 Å². The Labute approximate surface area is 133 Å². The number of rotatable bonds is 5. The van der Waals surface area contributed by atoms with Crippen molar-refractivity contribution in [3.8, 4) is 5.75 Å². The molecule has 2 rings (SSSR count). The van der Waals surface area contributed by atoms with E-state index >= 15 is 0 Å². The molecule has 0 saturated heterocycles. The van der Waals surface area contributed by atoms with E-state index in [0.29, 0.717) is 12.6 Å². The zero-order valence-corrected chi connectivity index (χ0v) is 13.8. The first-order chi connectivity index (χ1) is 9.60. The van der Waals surface area contributed by atoms with Crippen LogP contribution >= 0.6 is 27.5 Å². The van der Waals surface area contributed by atoms with Crippen LogP contribution in [0, 0.1) is 0 Å². The van der Waals surface area contributed by atoms with E-state index in [-0.39, 0.29) is 0 Å². The number of benzene rings is 2. The van der Waals surface area contributed by atoms with Crippen molar-refractivity contribution in [2.75, 3.05) is 7.05 Å². The molecule has 0 aliphatic carbocycles. The average molecular weight is 355 g/mol. The molecule has 20 heavy (non-hydrogen) atoms. The molecular formula is C16H17BrClNO. The minimum atomic E-state index is 0.313. The Morgan fingerprint density at radius 1 is 1.25 bits per heavy atom. The Bertz CT molecular complexity index is 588. The topological polar surface area (TPSA) is 21.3 Å². The van der Waals surface area contributed by atoms with Crippen LogP contribution in [0.3, 0.4) is 0 Å². The Morgan fingerprint density at radius 2 is 2.05 bits per heavy atom. The quantitative estimate of drug-likeness (QED) is 0.819. The van der Waals surface area contributed by atoms with E-state index in [2.05, 4.69) is 40.3 Å². The van der Waals surface area contributed by atoms with Crippen molar-refractivity contribution in [2.24, 2.45) is 0 Å². The maximum absolute atomic E-state index is 5.96. The van der Waals surface area contributed by atoms with Gasteiger partial charge in [-0.15, -0.1) is 0 Å². The SMILES string of the molecule is CNC(C)c1ccc(OCc2cccc(Cl)c2)c(Br)c1. The van der Waals surface area contributed by atoms with Crippen molar-refractivity contribution in [2.45, 2.75) is 19.6 Å². The Hall–Kier alpha value is -1.03. The molecule has 0 heterocycles. The zero-order valence-electron chi connectivity index (χ0n) is 11.5. The highest BCUT2D eigenvalue weighted by Gasteiger charge is 2.07. The van der Waals surface area contributed by atoms with Crippen LogP contribution in [0.5, 0.6) is 5.75 Å². The van der Waals surface area contributed by atoms with Gasteiger partial charge in [-0.3, -0.25) is 0 Å². The van der Waals surface area contributed by atoms with E-state index in [1.807, 2.05) is 37.4 Å². The van der Waals surface area contributed by atoms with Gasteiger partial charge in [-0.05, 0) is 65.3 Å². The lowest BCUT2D eigenvalue weighted by molar-refractivity contribution is 0.304. The summed E-state index contributed by atoms with van der Waals surface area (Å²) in [7, 11) is 1.95. The molecule has 106 valence electrons. The second-order valence-electron chi connectivity index (χ2n) is 4.62. The van der Waals surface area contributed by atoms with Crippen molar-refractivity contribution < 1.29 is 4.74 Å². The van der Waals surface area contributed by atoms with Gasteiger partial charge in [0.05, 0.1) is 4.47 Å². The summed E-state index contributed by atoms with van der Waals surface area (Å²) in [5, 5.41) is 3.94. The predicted octanol–water partition coefficient (Wildman–Crippen LogP) is 4.96. The number of nitrogens with one attached hydrogen (secondary N) is 1. The molecular weight excluding hydrogens is 338 g/mol. The number of hydrogen-bond donors (Lipinski definition) is 1. The highest BCUT2D eigenvalue weighted by molar-refractivity contribution is 9.10. The zero-order chi connectivity index (χ0) is 14.5. The van der Waals surface area contributed by atoms with Gasteiger partial charge < -0.3 is 10.1 Å². The van der Waals surface area contributed by atoms with E-state index in [0.717, 1.165) is 20.8 Å². The molecule has 2 aromatic carbocycles. The van der Waals surface area contributed by atoms with Gasteiger partial charge in [0, 0.05) is 11.1 Å². The van der Waals surface area contributed by atoms with Crippen molar-refractivity contribution in [3.05, 3.63) is 63.1 Å². The highest BCUT2D eigenvalue weighted by atomic mass is 79.9. The van der Waals surface area contributed by atoms with E-state index < -0.39 is 0 Å². The minimum absolute atomic E-state index is 0.313. The lowest BCUT2D eigenvalue weighted by Gasteiger charge is -2.14. The van der Waals surface area contributed by atoms with E-state index in [1.165, 1.54) is 5.56 Å². The molecule has 1 unspecified atom stereocenters. The molecule has 0 aliphatic heterocycles. The van der Waals surface area contributed by atoms with E-state index in [4.69, 9.17) is 16.3 Å². The first-order valence-electron chi connectivity index (χ1n) is 6.44. The predicted molar refractivity (Wildman–Crippen MR) is 87.4 cm³/mol. The monoisotopic (exact) mass is 353 g/mol. The molecule has 2 nitrogen and oxygen atoms in total. The average Bonchev–Trinajstić information content (AvgIpc) is 2.45. The molecule has 0 saturated carbocycles.